The van der Waals surface area contributed by atoms with Crippen LogP contribution in [0, 0.1) is 23.7 Å². The maximum absolute atomic E-state index is 12.2. The number of hydrogen-bond donors (Lipinski definition) is 1. The Morgan fingerprint density at radius 3 is 1.15 bits per heavy atom. The largest absolute Gasteiger partial charge is 1.00 e. The van der Waals surface area contributed by atoms with E-state index in [1.807, 2.05) is 76.7 Å². The van der Waals surface area contributed by atoms with Gasteiger partial charge in [-0.15, -0.1) is 0 Å². The molecule has 0 aromatic heterocycles. The molecule has 0 amide bonds. The van der Waals surface area contributed by atoms with Crippen molar-refractivity contribution in [3.63, 3.8) is 0 Å². The molecule has 2 heterocycles. The Labute approximate surface area is 441 Å². The van der Waals surface area contributed by atoms with Crippen LogP contribution in [0.25, 0.3) is 11.1 Å². The summed E-state index contributed by atoms with van der Waals surface area (Å²) in [4.78, 5) is 32.1. The molecular formula is C56H71LiN4O9S2. The quantitative estimate of drug-likeness (QED) is 0.106. The summed E-state index contributed by atoms with van der Waals surface area (Å²) < 4.78 is 49.8. The van der Waals surface area contributed by atoms with E-state index in [2.05, 4.69) is 104 Å². The molecule has 2 N–H and O–H groups in total. The summed E-state index contributed by atoms with van der Waals surface area (Å²) in [6.45, 7) is 6.60. The SMILES string of the molecule is C.CN(C)c1ccc(C#Cc2ccc(C3=CCN(CCC(C)(C(=O)O)S(C)(=O)=O)CC3)cc2)cc1.COC(=O)C(C)(CCN1CC=C(c2ccc(C#Cc3ccc(N(C)C)cc3)cc2)CC1)S(C)(=O)=O.[Li+].[OH-]. The second-order valence-electron chi connectivity index (χ2n) is 18.4. The fraction of sp³-hybridized carbons (Fsp3) is 0.393. The third-order valence-corrected chi connectivity index (χ3v) is 17.1. The molecule has 0 radical (unpaired) electrons. The number of carboxylic acids is 1. The number of hydrogen-bond acceptors (Lipinski definition) is 12. The summed E-state index contributed by atoms with van der Waals surface area (Å²) in [5.41, 5.74) is 11.0. The van der Waals surface area contributed by atoms with Crippen LogP contribution in [-0.2, 0) is 34.0 Å². The summed E-state index contributed by atoms with van der Waals surface area (Å²) in [6, 6.07) is 32.8. The van der Waals surface area contributed by atoms with Gasteiger partial charge in [0.2, 0.25) is 0 Å². The summed E-state index contributed by atoms with van der Waals surface area (Å²) in [5, 5.41) is 9.42. The van der Waals surface area contributed by atoms with Crippen LogP contribution in [0.2, 0.25) is 0 Å². The molecule has 0 saturated carbocycles. The Balaban J connectivity index is 0.000000474. The third-order valence-electron chi connectivity index (χ3n) is 13.1. The van der Waals surface area contributed by atoms with Crippen LogP contribution in [0.3, 0.4) is 0 Å². The molecule has 0 saturated heterocycles. The minimum atomic E-state index is -3.71. The molecule has 13 nitrogen and oxygen atoms in total. The average molecular weight is 1020 g/mol. The van der Waals surface area contributed by atoms with Crippen molar-refractivity contribution in [2.24, 2.45) is 0 Å². The third kappa shape index (κ3) is 16.7. The van der Waals surface area contributed by atoms with Gasteiger partial charge in [-0.2, -0.15) is 0 Å². The standard InChI is InChI=1S/C28H34N2O4S.C27H32N2O4S.CH4.Li.H2O/c1-28(27(31)34-4,35(5,32)33)18-21-30-19-16-25(17-20-30)24-12-8-22(9-13-24)6-7-23-10-14-26(15-11-23)29(2)3;1-27(26(30)31,34(4,32)33)17-20-29-18-15-24(16-19-29)23-11-7-21(8-12-23)5-6-22-9-13-25(14-10-22)28(2)3;;;/h8-16H,17-21H2,1-5H3;7-15H,16-20H2,1-4H3,(H,30,31);1H4;;1H2/q;;;+1;/p-1. The van der Waals surface area contributed by atoms with Crippen LogP contribution >= 0.6 is 0 Å². The van der Waals surface area contributed by atoms with Gasteiger partial charge in [0.05, 0.1) is 7.11 Å². The monoisotopic (exact) mass is 1010 g/mol. The van der Waals surface area contributed by atoms with E-state index in [0.717, 1.165) is 77.6 Å². The van der Waals surface area contributed by atoms with E-state index in [1.165, 1.54) is 37.7 Å². The Bertz CT molecular complexity index is 2860. The van der Waals surface area contributed by atoms with Gasteiger partial charge in [0, 0.05) is 114 Å². The van der Waals surface area contributed by atoms with Crippen molar-refractivity contribution in [1.29, 1.82) is 0 Å². The van der Waals surface area contributed by atoms with Crippen LogP contribution in [-0.4, -0.2) is 146 Å². The molecule has 0 aliphatic carbocycles. The van der Waals surface area contributed by atoms with Crippen molar-refractivity contribution in [3.8, 4) is 23.7 Å². The number of carbonyl (C=O) groups excluding carboxylic acids is 1. The van der Waals surface area contributed by atoms with E-state index in [0.29, 0.717) is 26.2 Å². The molecule has 2 atom stereocenters. The van der Waals surface area contributed by atoms with Gasteiger partial charge in [-0.1, -0.05) is 67.5 Å². The van der Waals surface area contributed by atoms with Crippen molar-refractivity contribution in [1.82, 2.24) is 9.80 Å². The summed E-state index contributed by atoms with van der Waals surface area (Å²) in [5.74, 6) is 10.9. The van der Waals surface area contributed by atoms with Crippen LogP contribution in [0.5, 0.6) is 0 Å². The molecule has 0 fully saturated rings. The van der Waals surface area contributed by atoms with Gasteiger partial charge in [0.1, 0.15) is 0 Å². The number of nitrogens with zero attached hydrogens (tertiary/aromatic N) is 4. The molecule has 16 heteroatoms. The normalized spacial score (nSPS) is 15.3. The van der Waals surface area contributed by atoms with E-state index in [-0.39, 0.29) is 44.6 Å². The molecule has 2 aliphatic heterocycles. The first-order chi connectivity index (χ1) is 32.5. The number of esters is 1. The zero-order valence-corrected chi connectivity index (χ0v) is 44.5. The minimum Gasteiger partial charge on any atom is -0.870 e. The number of carbonyl (C=O) groups is 2. The van der Waals surface area contributed by atoms with Gasteiger partial charge in [0.15, 0.2) is 29.2 Å². The van der Waals surface area contributed by atoms with E-state index in [4.69, 9.17) is 4.74 Å². The molecule has 4 aromatic carbocycles. The number of ether oxygens (including phenoxy) is 1. The Hall–Kier alpha value is -5.60. The van der Waals surface area contributed by atoms with Crippen LogP contribution in [0.4, 0.5) is 11.4 Å². The van der Waals surface area contributed by atoms with Crippen molar-refractivity contribution < 1.29 is 60.6 Å². The van der Waals surface area contributed by atoms with Gasteiger partial charge >= 0.3 is 30.8 Å². The van der Waals surface area contributed by atoms with Crippen LogP contribution in [0.15, 0.2) is 109 Å². The average Bonchev–Trinajstić information content (AvgIpc) is 3.33. The van der Waals surface area contributed by atoms with E-state index in [1.54, 1.807) is 0 Å². The Morgan fingerprint density at radius 2 is 0.903 bits per heavy atom. The molecule has 2 unspecified atom stereocenters. The number of aliphatic carboxylic acids is 1. The number of methoxy groups -OCH3 is 1. The van der Waals surface area contributed by atoms with E-state index in [9.17, 15) is 31.5 Å². The van der Waals surface area contributed by atoms with Crippen molar-refractivity contribution in [2.45, 2.75) is 56.5 Å². The fourth-order valence-electron chi connectivity index (χ4n) is 7.71. The number of rotatable bonds is 14. The van der Waals surface area contributed by atoms with Gasteiger partial charge in [-0.25, -0.2) is 16.8 Å². The second-order valence-corrected chi connectivity index (χ2v) is 23.3. The van der Waals surface area contributed by atoms with Crippen molar-refractivity contribution in [2.75, 3.05) is 96.9 Å². The van der Waals surface area contributed by atoms with Gasteiger partial charge in [0.25, 0.3) is 0 Å². The number of carboxylic acid groups (broad SMARTS) is 1. The molecule has 6 rings (SSSR count). The zero-order chi connectivity index (χ0) is 50.6. The smallest absolute Gasteiger partial charge is 0.870 e. The first-order valence-corrected chi connectivity index (χ1v) is 26.6. The van der Waals surface area contributed by atoms with Gasteiger partial charge in [-0.3, -0.25) is 19.4 Å². The maximum atomic E-state index is 12.2. The summed E-state index contributed by atoms with van der Waals surface area (Å²) in [6.07, 6.45) is 8.34. The number of benzene rings is 4. The fourth-order valence-corrected chi connectivity index (χ4v) is 9.34. The summed E-state index contributed by atoms with van der Waals surface area (Å²) >= 11 is 0. The van der Waals surface area contributed by atoms with Crippen LogP contribution in [0.1, 0.15) is 80.3 Å². The molecule has 2 aliphatic rings. The predicted octanol–water partition coefficient (Wildman–Crippen LogP) is 4.59. The molecule has 72 heavy (non-hydrogen) atoms. The summed E-state index contributed by atoms with van der Waals surface area (Å²) in [7, 11) is 1.98. The number of anilines is 2. The maximum Gasteiger partial charge on any atom is 1.00 e. The number of sulfone groups is 2. The Kier molecular flexibility index (Phi) is 23.8. The van der Waals surface area contributed by atoms with Crippen molar-refractivity contribution >= 4 is 54.1 Å². The minimum absolute atomic E-state index is 0. The van der Waals surface area contributed by atoms with Gasteiger partial charge < -0.3 is 25.1 Å². The van der Waals surface area contributed by atoms with Crippen LogP contribution < -0.4 is 28.7 Å². The zero-order valence-electron chi connectivity index (χ0n) is 42.8. The van der Waals surface area contributed by atoms with E-state index < -0.39 is 41.1 Å². The molecule has 0 spiro atoms. The Morgan fingerprint density at radius 1 is 0.597 bits per heavy atom. The van der Waals surface area contributed by atoms with E-state index >= 15 is 0 Å². The van der Waals surface area contributed by atoms with Crippen molar-refractivity contribution in [3.05, 3.63) is 143 Å². The van der Waals surface area contributed by atoms with Gasteiger partial charge in [-0.05, 0) is 135 Å². The molecule has 0 bridgehead atoms. The molecule has 4 aromatic rings. The first kappa shape index (κ1) is 62.5. The molecule has 382 valence electrons. The second kappa shape index (κ2) is 27.5. The predicted molar refractivity (Wildman–Crippen MR) is 289 cm³/mol. The molecular weight excluding hydrogens is 944 g/mol. The topological polar surface area (TPSA) is 175 Å². The first-order valence-electron chi connectivity index (χ1n) is 22.9.